The molecule has 0 radical (unpaired) electrons. The van der Waals surface area contributed by atoms with Crippen molar-refractivity contribution in [2.24, 2.45) is 4.99 Å². The third-order valence-electron chi connectivity index (χ3n) is 4.96. The van der Waals surface area contributed by atoms with E-state index < -0.39 is 0 Å². The van der Waals surface area contributed by atoms with Gasteiger partial charge in [0, 0.05) is 22.5 Å². The van der Waals surface area contributed by atoms with Crippen LogP contribution in [0.5, 0.6) is 5.75 Å². The van der Waals surface area contributed by atoms with Crippen LogP contribution in [0.1, 0.15) is 22.3 Å². The molecule has 0 fully saturated rings. The maximum absolute atomic E-state index is 12.5. The number of hydrogen-bond donors (Lipinski definition) is 2. The van der Waals surface area contributed by atoms with Crippen LogP contribution in [0.15, 0.2) is 57.9 Å². The maximum Gasteiger partial charge on any atom is 0.234 e. The molecule has 0 aliphatic heterocycles. The second-order valence-electron chi connectivity index (χ2n) is 7.70. The standard InChI is InChI=1S/C25H22ClN3O2S2/c1-14-8-15(2)24(16(3)9-14)29-23(31)13-32-25-28-20-6-5-19(11-22(20)33-25)27-12-17-10-18(26)4-7-21(17)30/h4-12,30H,13H2,1-3H3,(H,29,31). The number of aromatic hydroxyl groups is 1. The highest BCUT2D eigenvalue weighted by molar-refractivity contribution is 8.01. The van der Waals surface area contributed by atoms with Crippen LogP contribution in [-0.4, -0.2) is 28.0 Å². The number of amides is 1. The van der Waals surface area contributed by atoms with Crippen LogP contribution in [0.2, 0.25) is 5.02 Å². The Hall–Kier alpha value is -2.87. The van der Waals surface area contributed by atoms with Gasteiger partial charge in [0.15, 0.2) is 4.34 Å². The van der Waals surface area contributed by atoms with E-state index in [2.05, 4.69) is 27.4 Å². The summed E-state index contributed by atoms with van der Waals surface area (Å²) in [5.74, 6) is 0.349. The summed E-state index contributed by atoms with van der Waals surface area (Å²) in [6, 6.07) is 14.7. The van der Waals surface area contributed by atoms with Gasteiger partial charge in [-0.1, -0.05) is 41.1 Å². The quantitative estimate of drug-likeness (QED) is 0.222. The normalized spacial score (nSPS) is 11.4. The third kappa shape index (κ3) is 5.74. The van der Waals surface area contributed by atoms with Gasteiger partial charge in [0.1, 0.15) is 5.75 Å². The molecule has 2 N–H and O–H groups in total. The molecule has 0 aliphatic carbocycles. The maximum atomic E-state index is 12.5. The zero-order valence-corrected chi connectivity index (χ0v) is 20.7. The number of nitrogens with one attached hydrogen (secondary N) is 1. The molecule has 1 aromatic heterocycles. The number of benzene rings is 3. The predicted molar refractivity (Wildman–Crippen MR) is 140 cm³/mol. The summed E-state index contributed by atoms with van der Waals surface area (Å²) in [4.78, 5) is 21.6. The molecule has 5 nitrogen and oxygen atoms in total. The lowest BCUT2D eigenvalue weighted by atomic mass is 10.1. The zero-order valence-electron chi connectivity index (χ0n) is 18.3. The Morgan fingerprint density at radius 3 is 2.67 bits per heavy atom. The van der Waals surface area contributed by atoms with Crippen LogP contribution >= 0.6 is 34.7 Å². The summed E-state index contributed by atoms with van der Waals surface area (Å²) >= 11 is 8.93. The van der Waals surface area contributed by atoms with Crippen molar-refractivity contribution in [3.05, 3.63) is 75.8 Å². The van der Waals surface area contributed by atoms with Crippen molar-refractivity contribution < 1.29 is 9.90 Å². The van der Waals surface area contributed by atoms with Gasteiger partial charge in [-0.15, -0.1) is 11.3 Å². The number of nitrogens with zero attached hydrogens (tertiary/aromatic N) is 2. The van der Waals surface area contributed by atoms with Gasteiger partial charge in [-0.3, -0.25) is 9.79 Å². The fraction of sp³-hybridized carbons (Fsp3) is 0.160. The Morgan fingerprint density at radius 2 is 1.91 bits per heavy atom. The number of fused-ring (bicyclic) bond motifs is 1. The lowest BCUT2D eigenvalue weighted by Crippen LogP contribution is -2.15. The fourth-order valence-electron chi connectivity index (χ4n) is 3.49. The van der Waals surface area contributed by atoms with Crippen molar-refractivity contribution in [2.75, 3.05) is 11.1 Å². The van der Waals surface area contributed by atoms with E-state index in [9.17, 15) is 9.90 Å². The Bertz CT molecular complexity index is 1360. The van der Waals surface area contributed by atoms with Crippen LogP contribution in [-0.2, 0) is 4.79 Å². The van der Waals surface area contributed by atoms with Crippen LogP contribution in [0.3, 0.4) is 0 Å². The molecular formula is C25H22ClN3O2S2. The number of aromatic nitrogens is 1. The van der Waals surface area contributed by atoms with Gasteiger partial charge in [-0.05, 0) is 68.3 Å². The molecule has 3 aromatic carbocycles. The molecule has 0 atom stereocenters. The van der Waals surface area contributed by atoms with Gasteiger partial charge < -0.3 is 10.4 Å². The summed E-state index contributed by atoms with van der Waals surface area (Å²) in [5, 5.41) is 13.5. The molecular weight excluding hydrogens is 474 g/mol. The van der Waals surface area contributed by atoms with Crippen molar-refractivity contribution in [3.63, 3.8) is 0 Å². The Labute approximate surface area is 205 Å². The van der Waals surface area contributed by atoms with E-state index in [0.717, 1.165) is 37.1 Å². The molecule has 0 unspecified atom stereocenters. The minimum absolute atomic E-state index is 0.0547. The van der Waals surface area contributed by atoms with E-state index in [1.165, 1.54) is 34.7 Å². The van der Waals surface area contributed by atoms with Gasteiger partial charge in [0.2, 0.25) is 5.91 Å². The Balaban J connectivity index is 1.43. The number of anilines is 1. The van der Waals surface area contributed by atoms with Crippen molar-refractivity contribution in [1.82, 2.24) is 4.98 Å². The number of phenolic OH excluding ortho intramolecular Hbond substituents is 1. The topological polar surface area (TPSA) is 74.6 Å². The summed E-state index contributed by atoms with van der Waals surface area (Å²) in [6.07, 6.45) is 1.58. The molecule has 1 heterocycles. The van der Waals surface area contributed by atoms with E-state index in [-0.39, 0.29) is 17.4 Å². The van der Waals surface area contributed by atoms with Crippen molar-refractivity contribution in [1.29, 1.82) is 0 Å². The van der Waals surface area contributed by atoms with Crippen molar-refractivity contribution in [3.8, 4) is 5.75 Å². The number of halogens is 1. The van der Waals surface area contributed by atoms with E-state index in [1.54, 1.807) is 18.3 Å². The fourth-order valence-corrected chi connectivity index (χ4v) is 5.57. The van der Waals surface area contributed by atoms with Crippen molar-refractivity contribution >= 4 is 68.4 Å². The Morgan fingerprint density at radius 1 is 1.15 bits per heavy atom. The number of thioether (sulfide) groups is 1. The van der Waals surface area contributed by atoms with Crippen LogP contribution in [0.25, 0.3) is 10.2 Å². The first-order valence-electron chi connectivity index (χ1n) is 10.2. The lowest BCUT2D eigenvalue weighted by molar-refractivity contribution is -0.113. The number of rotatable bonds is 6. The molecule has 0 bridgehead atoms. The summed E-state index contributed by atoms with van der Waals surface area (Å²) in [6.45, 7) is 6.06. The van der Waals surface area contributed by atoms with E-state index in [4.69, 9.17) is 11.6 Å². The van der Waals surface area contributed by atoms with Gasteiger partial charge in [0.05, 0.1) is 21.7 Å². The third-order valence-corrected chi connectivity index (χ3v) is 7.36. The van der Waals surface area contributed by atoms with Crippen LogP contribution in [0.4, 0.5) is 11.4 Å². The summed E-state index contributed by atoms with van der Waals surface area (Å²) in [5.41, 5.74) is 6.33. The van der Waals surface area contributed by atoms with Gasteiger partial charge >= 0.3 is 0 Å². The Kier molecular flexibility index (Phi) is 7.02. The average molecular weight is 496 g/mol. The van der Waals surface area contributed by atoms with Gasteiger partial charge in [-0.2, -0.15) is 0 Å². The first kappa shape index (κ1) is 23.3. The number of hydrogen-bond acceptors (Lipinski definition) is 6. The zero-order chi connectivity index (χ0) is 23.5. The van der Waals surface area contributed by atoms with E-state index in [1.807, 2.05) is 39.0 Å². The predicted octanol–water partition coefficient (Wildman–Crippen LogP) is 7.06. The van der Waals surface area contributed by atoms with Crippen molar-refractivity contribution in [2.45, 2.75) is 25.1 Å². The monoisotopic (exact) mass is 495 g/mol. The minimum Gasteiger partial charge on any atom is -0.507 e. The first-order valence-corrected chi connectivity index (χ1v) is 12.4. The highest BCUT2D eigenvalue weighted by atomic mass is 35.5. The van der Waals surface area contributed by atoms with Crippen LogP contribution in [0, 0.1) is 20.8 Å². The van der Waals surface area contributed by atoms with E-state index >= 15 is 0 Å². The number of thiazole rings is 1. The summed E-state index contributed by atoms with van der Waals surface area (Å²) in [7, 11) is 0. The van der Waals surface area contributed by atoms with E-state index in [0.29, 0.717) is 10.6 Å². The van der Waals surface area contributed by atoms with Gasteiger partial charge in [0.25, 0.3) is 0 Å². The summed E-state index contributed by atoms with van der Waals surface area (Å²) < 4.78 is 1.80. The number of carbonyl (C=O) groups is 1. The largest absolute Gasteiger partial charge is 0.507 e. The molecule has 168 valence electrons. The molecule has 4 rings (SSSR count). The molecule has 0 spiro atoms. The molecule has 0 aliphatic rings. The number of carbonyl (C=O) groups excluding carboxylic acids is 1. The minimum atomic E-state index is -0.0547. The SMILES string of the molecule is Cc1cc(C)c(NC(=O)CSc2nc3ccc(N=Cc4cc(Cl)ccc4O)cc3s2)c(C)c1. The highest BCUT2D eigenvalue weighted by Gasteiger charge is 2.11. The molecule has 8 heteroatoms. The second kappa shape index (κ2) is 9.95. The van der Waals surface area contributed by atoms with Crippen LogP contribution < -0.4 is 5.32 Å². The average Bonchev–Trinajstić information content (AvgIpc) is 3.17. The molecule has 1 amide bonds. The number of aryl methyl sites for hydroxylation is 3. The molecule has 0 saturated heterocycles. The molecule has 4 aromatic rings. The second-order valence-corrected chi connectivity index (χ2v) is 10.4. The van der Waals surface area contributed by atoms with Gasteiger partial charge in [-0.25, -0.2) is 4.98 Å². The molecule has 33 heavy (non-hydrogen) atoms. The lowest BCUT2D eigenvalue weighted by Gasteiger charge is -2.12. The first-order chi connectivity index (χ1) is 15.8. The molecule has 0 saturated carbocycles. The number of phenols is 1. The highest BCUT2D eigenvalue weighted by Crippen LogP contribution is 2.32. The number of aliphatic imine (C=N–C) groups is 1. The smallest absolute Gasteiger partial charge is 0.234 e.